The van der Waals surface area contributed by atoms with Crippen LogP contribution in [0, 0.1) is 10.8 Å². The fourth-order valence-electron chi connectivity index (χ4n) is 1.57. The molecule has 0 radical (unpaired) electrons. The van der Waals surface area contributed by atoms with Crippen molar-refractivity contribution >= 4 is 5.84 Å². The third-order valence-corrected chi connectivity index (χ3v) is 3.02. The summed E-state index contributed by atoms with van der Waals surface area (Å²) in [6.45, 7) is 4.53. The molecule has 0 bridgehead atoms. The Bertz CT molecular complexity index is 403. The molecule has 1 rings (SSSR count). The summed E-state index contributed by atoms with van der Waals surface area (Å²) < 4.78 is 5.60. The van der Waals surface area contributed by atoms with Crippen LogP contribution in [0.3, 0.4) is 0 Å². The largest absolute Gasteiger partial charge is 0.494 e. The molecule has 0 saturated carbocycles. The van der Waals surface area contributed by atoms with Gasteiger partial charge in [0, 0.05) is 5.41 Å². The minimum Gasteiger partial charge on any atom is -0.494 e. The lowest BCUT2D eigenvalue weighted by Crippen LogP contribution is -2.31. The van der Waals surface area contributed by atoms with Crippen molar-refractivity contribution in [3.8, 4) is 5.75 Å². The Morgan fingerprint density at radius 1 is 1.44 bits per heavy atom. The van der Waals surface area contributed by atoms with Crippen molar-refractivity contribution in [3.63, 3.8) is 0 Å². The van der Waals surface area contributed by atoms with E-state index in [2.05, 4.69) is 0 Å². The van der Waals surface area contributed by atoms with Crippen LogP contribution in [0.25, 0.3) is 0 Å². The molecular weight excluding hydrogens is 228 g/mol. The molecule has 0 aliphatic heterocycles. The average Bonchev–Trinajstić information content (AvgIpc) is 2.35. The van der Waals surface area contributed by atoms with Gasteiger partial charge in [0.2, 0.25) is 0 Å². The van der Waals surface area contributed by atoms with Crippen molar-refractivity contribution < 1.29 is 9.84 Å². The highest BCUT2D eigenvalue weighted by molar-refractivity contribution is 5.82. The fraction of sp³-hybridized carbons (Fsp3) is 0.500. The predicted octanol–water partition coefficient (Wildman–Crippen LogP) is 2.30. The maximum atomic E-state index is 9.01. The maximum Gasteiger partial charge on any atom is 0.119 e. The van der Waals surface area contributed by atoms with E-state index in [9.17, 15) is 0 Å². The van der Waals surface area contributed by atoms with E-state index in [1.807, 2.05) is 38.1 Å². The number of nitrogens with two attached hydrogens (primary N) is 1. The van der Waals surface area contributed by atoms with E-state index in [0.29, 0.717) is 6.61 Å². The Kier molecular flexibility index (Phi) is 5.16. The number of hydrogen-bond acceptors (Lipinski definition) is 3. The molecule has 0 amide bonds. The van der Waals surface area contributed by atoms with Crippen molar-refractivity contribution in [1.82, 2.24) is 0 Å². The average molecular weight is 250 g/mol. The number of amidine groups is 1. The molecule has 0 aromatic heterocycles. The molecule has 0 unspecified atom stereocenters. The monoisotopic (exact) mass is 250 g/mol. The van der Waals surface area contributed by atoms with Gasteiger partial charge in [-0.15, -0.1) is 0 Å². The first kappa shape index (κ1) is 14.5. The number of aliphatic hydroxyl groups excluding tert-OH is 1. The maximum absolute atomic E-state index is 9.01. The quantitative estimate of drug-likeness (QED) is 0.394. The highest BCUT2D eigenvalue weighted by Gasteiger charge is 2.20. The minimum absolute atomic E-state index is 0.0224. The van der Waals surface area contributed by atoms with Crippen LogP contribution in [0.5, 0.6) is 5.75 Å². The molecule has 0 saturated heterocycles. The molecule has 0 spiro atoms. The van der Waals surface area contributed by atoms with E-state index in [1.54, 1.807) is 0 Å². The summed E-state index contributed by atoms with van der Waals surface area (Å²) in [5.74, 6) is 0.979. The highest BCUT2D eigenvalue weighted by atomic mass is 16.5. The second kappa shape index (κ2) is 6.40. The Morgan fingerprint density at radius 3 is 2.78 bits per heavy atom. The van der Waals surface area contributed by atoms with Gasteiger partial charge in [-0.25, -0.2) is 0 Å². The van der Waals surface area contributed by atoms with Crippen LogP contribution in [-0.4, -0.2) is 17.5 Å². The third-order valence-electron chi connectivity index (χ3n) is 3.02. The SMILES string of the molecule is CC(C)(CCCOc1cccc(CO)c1)C(=N)N. The lowest BCUT2D eigenvalue weighted by Gasteiger charge is -2.22. The Labute approximate surface area is 108 Å². The van der Waals surface area contributed by atoms with E-state index >= 15 is 0 Å². The van der Waals surface area contributed by atoms with Gasteiger partial charge in [-0.3, -0.25) is 5.41 Å². The first-order chi connectivity index (χ1) is 8.45. The van der Waals surface area contributed by atoms with Crippen LogP contribution in [-0.2, 0) is 6.61 Å². The van der Waals surface area contributed by atoms with E-state index in [4.69, 9.17) is 21.0 Å². The Balaban J connectivity index is 2.36. The summed E-state index contributed by atoms with van der Waals surface area (Å²) in [6, 6.07) is 7.41. The van der Waals surface area contributed by atoms with Gasteiger partial charge in [0.1, 0.15) is 5.75 Å². The van der Waals surface area contributed by atoms with Crippen LogP contribution in [0.15, 0.2) is 24.3 Å². The summed E-state index contributed by atoms with van der Waals surface area (Å²) in [6.07, 6.45) is 1.66. The summed E-state index contributed by atoms with van der Waals surface area (Å²) in [5.41, 5.74) is 6.09. The van der Waals surface area contributed by atoms with Crippen molar-refractivity contribution in [3.05, 3.63) is 29.8 Å². The molecular formula is C14H22N2O2. The first-order valence-corrected chi connectivity index (χ1v) is 6.13. The van der Waals surface area contributed by atoms with Crippen LogP contribution in [0.1, 0.15) is 32.3 Å². The van der Waals surface area contributed by atoms with Crippen molar-refractivity contribution in [2.75, 3.05) is 6.61 Å². The molecule has 4 heteroatoms. The molecule has 4 N–H and O–H groups in total. The van der Waals surface area contributed by atoms with E-state index in [-0.39, 0.29) is 17.9 Å². The van der Waals surface area contributed by atoms with Gasteiger partial charge in [0.15, 0.2) is 0 Å². The van der Waals surface area contributed by atoms with Crippen LogP contribution in [0.2, 0.25) is 0 Å². The molecule has 100 valence electrons. The normalized spacial score (nSPS) is 11.3. The molecule has 1 aromatic carbocycles. The van der Waals surface area contributed by atoms with E-state index in [0.717, 1.165) is 24.2 Å². The molecule has 0 aliphatic carbocycles. The van der Waals surface area contributed by atoms with Gasteiger partial charge < -0.3 is 15.6 Å². The van der Waals surface area contributed by atoms with Crippen LogP contribution in [0.4, 0.5) is 0 Å². The zero-order valence-electron chi connectivity index (χ0n) is 11.1. The second-order valence-electron chi connectivity index (χ2n) is 5.06. The molecule has 0 fully saturated rings. The number of ether oxygens (including phenoxy) is 1. The number of rotatable bonds is 7. The van der Waals surface area contributed by atoms with Crippen LogP contribution >= 0.6 is 0 Å². The molecule has 0 aliphatic rings. The topological polar surface area (TPSA) is 79.3 Å². The first-order valence-electron chi connectivity index (χ1n) is 6.13. The summed E-state index contributed by atoms with van der Waals surface area (Å²) in [4.78, 5) is 0. The van der Waals surface area contributed by atoms with Gasteiger partial charge in [0.05, 0.1) is 19.0 Å². The zero-order chi connectivity index (χ0) is 13.6. The lowest BCUT2D eigenvalue weighted by molar-refractivity contribution is 0.274. The summed E-state index contributed by atoms with van der Waals surface area (Å²) in [5, 5.41) is 16.5. The predicted molar refractivity (Wildman–Crippen MR) is 72.8 cm³/mol. The zero-order valence-corrected chi connectivity index (χ0v) is 11.1. The van der Waals surface area contributed by atoms with E-state index in [1.165, 1.54) is 0 Å². The van der Waals surface area contributed by atoms with Crippen molar-refractivity contribution in [2.45, 2.75) is 33.3 Å². The Morgan fingerprint density at radius 2 is 2.17 bits per heavy atom. The van der Waals surface area contributed by atoms with Gasteiger partial charge in [-0.2, -0.15) is 0 Å². The number of hydrogen-bond donors (Lipinski definition) is 3. The molecule has 0 heterocycles. The molecule has 18 heavy (non-hydrogen) atoms. The number of aliphatic hydroxyl groups is 1. The van der Waals surface area contributed by atoms with Crippen LogP contribution < -0.4 is 10.5 Å². The standard InChI is InChI=1S/C14H22N2O2/c1-14(2,13(15)16)7-4-8-18-12-6-3-5-11(9-12)10-17/h3,5-6,9,17H,4,7-8,10H2,1-2H3,(H3,15,16). The van der Waals surface area contributed by atoms with Gasteiger partial charge in [-0.05, 0) is 30.5 Å². The summed E-state index contributed by atoms with van der Waals surface area (Å²) in [7, 11) is 0. The van der Waals surface area contributed by atoms with Gasteiger partial charge in [0.25, 0.3) is 0 Å². The number of nitrogens with one attached hydrogen (secondary N) is 1. The number of benzene rings is 1. The third kappa shape index (κ3) is 4.37. The van der Waals surface area contributed by atoms with Crippen molar-refractivity contribution in [2.24, 2.45) is 11.1 Å². The summed E-state index contributed by atoms with van der Waals surface area (Å²) >= 11 is 0. The Hall–Kier alpha value is -1.55. The van der Waals surface area contributed by atoms with Gasteiger partial charge >= 0.3 is 0 Å². The molecule has 4 nitrogen and oxygen atoms in total. The smallest absolute Gasteiger partial charge is 0.119 e. The van der Waals surface area contributed by atoms with Gasteiger partial charge in [-0.1, -0.05) is 26.0 Å². The minimum atomic E-state index is -0.268. The lowest BCUT2D eigenvalue weighted by atomic mass is 9.87. The highest BCUT2D eigenvalue weighted by Crippen LogP contribution is 2.22. The van der Waals surface area contributed by atoms with Crippen molar-refractivity contribution in [1.29, 1.82) is 5.41 Å². The van der Waals surface area contributed by atoms with E-state index < -0.39 is 0 Å². The second-order valence-corrected chi connectivity index (χ2v) is 5.06. The molecule has 0 atom stereocenters. The fourth-order valence-corrected chi connectivity index (χ4v) is 1.57. The molecule has 1 aromatic rings.